The van der Waals surface area contributed by atoms with Crippen LogP contribution in [-0.4, -0.2) is 117 Å². The molecule has 60 heavy (non-hydrogen) atoms. The molecule has 2 fully saturated rings. The van der Waals surface area contributed by atoms with Gasteiger partial charge in [-0.05, 0) is 46.4 Å². The van der Waals surface area contributed by atoms with E-state index in [9.17, 15) is 14.4 Å². The van der Waals surface area contributed by atoms with E-state index in [2.05, 4.69) is 75.7 Å². The van der Waals surface area contributed by atoms with Gasteiger partial charge in [-0.1, -0.05) is 85.7 Å². The molecule has 1 unspecified atom stereocenters. The topological polar surface area (TPSA) is 175 Å². The fourth-order valence-corrected chi connectivity index (χ4v) is 19.6. The van der Waals surface area contributed by atoms with E-state index in [0.717, 1.165) is 0 Å². The Kier molecular flexibility index (Phi) is 13.4. The van der Waals surface area contributed by atoms with E-state index in [1.165, 1.54) is 11.2 Å². The molecular weight excluding hydrogens is 805 g/mol. The number of carbonyl (C=O) groups is 3. The van der Waals surface area contributed by atoms with Gasteiger partial charge in [-0.3, -0.25) is 23.9 Å². The minimum atomic E-state index is -3.08. The van der Waals surface area contributed by atoms with Gasteiger partial charge in [0.25, 0.3) is 17.7 Å². The molecule has 0 aliphatic carbocycles. The van der Waals surface area contributed by atoms with Gasteiger partial charge >= 0.3 is 17.1 Å². The van der Waals surface area contributed by atoms with Gasteiger partial charge < -0.3 is 37.2 Å². The van der Waals surface area contributed by atoms with E-state index in [-0.39, 0.29) is 85.5 Å². The van der Waals surface area contributed by atoms with Gasteiger partial charge in [-0.15, -0.1) is 0 Å². The lowest BCUT2D eigenvalue weighted by molar-refractivity contribution is -0.143. The highest BCUT2D eigenvalue weighted by atomic mass is 28.5. The monoisotopic (exact) mass is 860 g/mol. The number of nitrogens with zero attached hydrogens (tertiary/aromatic N) is 5. The molecule has 2 aromatic carbocycles. The van der Waals surface area contributed by atoms with Gasteiger partial charge in [0.15, 0.2) is 23.2 Å². The Hall–Kier alpha value is -4.25. The molecule has 0 bridgehead atoms. The summed E-state index contributed by atoms with van der Waals surface area (Å²) >= 11 is 0. The molecule has 2 saturated heterocycles. The maximum absolute atomic E-state index is 13.1. The molecule has 0 spiro atoms. The largest absolute Gasteiger partial charge is 0.414 e. The third-order valence-corrected chi connectivity index (χ3v) is 21.8. The van der Waals surface area contributed by atoms with E-state index >= 15 is 0 Å². The molecule has 0 saturated carbocycles. The lowest BCUT2D eigenvalue weighted by Gasteiger charge is -2.51. The van der Waals surface area contributed by atoms with Crippen molar-refractivity contribution in [3.63, 3.8) is 0 Å². The molecule has 3 aliphatic heterocycles. The minimum Gasteiger partial charge on any atom is -0.414 e. The summed E-state index contributed by atoms with van der Waals surface area (Å²) in [6.45, 7) is 18.1. The van der Waals surface area contributed by atoms with Crippen molar-refractivity contribution in [1.82, 2.24) is 24.4 Å². The summed E-state index contributed by atoms with van der Waals surface area (Å²) in [7, 11) is -5.95. The molecule has 4 atom stereocenters. The van der Waals surface area contributed by atoms with Crippen LogP contribution in [0.2, 0.25) is 22.2 Å². The predicted molar refractivity (Wildman–Crippen MR) is 226 cm³/mol. The van der Waals surface area contributed by atoms with E-state index < -0.39 is 41.7 Å². The summed E-state index contributed by atoms with van der Waals surface area (Å²) in [6, 6.07) is 15.7. The average Bonchev–Trinajstić information content (AvgIpc) is 3.87. The summed E-state index contributed by atoms with van der Waals surface area (Å²) in [4.78, 5) is 53.4. The first-order valence-corrected chi connectivity index (χ1v) is 24.7. The van der Waals surface area contributed by atoms with Crippen molar-refractivity contribution in [3.05, 3.63) is 83.9 Å². The standard InChI is InChI=1S/C42H56N6O10Si2/c1-26(2)59(27(3)4)55-22-33-35(57-60(58-59,28(5)6)29(7)8)36(54-25-53-21-20-52-19-18-47-40(50)31-16-12-13-17-32(31)41(47)51)42(56-33)48-24-45-34-37(43-23-44-38(34)48)46-39(49)30-14-10-9-11-15-30/h9-17,23-24,26-29,33,35-36,42H,18-22,25H2,1-8H3,(H,43,44,46,49)/t33?,35-,36-,42-/m1/s1. The molecule has 3 amide bonds. The number of ether oxygens (including phenoxy) is 4. The SMILES string of the molecule is CC(C)[Si]1(C(C)C)OCC2O[C@@H](n3cnc4c(NC(=O)c5ccccc5)ncnc43)[C@H](OCOCCOCCN3C(=O)c4ccccc4C3=O)[C@@H]2O[Si](C(C)C)(C(C)C)O1. The number of aromatic nitrogens is 4. The van der Waals surface area contributed by atoms with Gasteiger partial charge in [0.05, 0.1) is 50.4 Å². The van der Waals surface area contributed by atoms with E-state index in [1.807, 2.05) is 6.07 Å². The summed E-state index contributed by atoms with van der Waals surface area (Å²) < 4.78 is 48.9. The Labute approximate surface area is 352 Å². The molecule has 5 heterocycles. The Morgan fingerprint density at radius 3 is 2.10 bits per heavy atom. The van der Waals surface area contributed by atoms with E-state index in [0.29, 0.717) is 27.9 Å². The number of rotatable bonds is 16. The third-order valence-electron chi connectivity index (χ3n) is 11.6. The van der Waals surface area contributed by atoms with Crippen molar-refractivity contribution < 1.29 is 46.3 Å². The Bertz CT molecular complexity index is 2100. The van der Waals surface area contributed by atoms with Crippen molar-refractivity contribution in [1.29, 1.82) is 0 Å². The van der Waals surface area contributed by atoms with Gasteiger partial charge in [-0.25, -0.2) is 15.0 Å². The van der Waals surface area contributed by atoms with Crippen LogP contribution in [0.5, 0.6) is 0 Å². The van der Waals surface area contributed by atoms with E-state index in [1.54, 1.807) is 59.4 Å². The first-order valence-electron chi connectivity index (χ1n) is 20.7. The molecule has 0 radical (unpaired) electrons. The van der Waals surface area contributed by atoms with Crippen LogP contribution in [0.15, 0.2) is 67.3 Å². The van der Waals surface area contributed by atoms with Crippen LogP contribution >= 0.6 is 0 Å². The fourth-order valence-electron chi connectivity index (χ4n) is 8.43. The lowest BCUT2D eigenvalue weighted by Crippen LogP contribution is -2.66. The summed E-state index contributed by atoms with van der Waals surface area (Å²) in [6.07, 6.45) is 0.297. The maximum Gasteiger partial charge on any atom is 0.335 e. The maximum atomic E-state index is 13.1. The van der Waals surface area contributed by atoms with Crippen LogP contribution in [0.25, 0.3) is 11.2 Å². The van der Waals surface area contributed by atoms with Crippen molar-refractivity contribution >= 4 is 51.8 Å². The first-order chi connectivity index (χ1) is 28.8. The molecule has 1 N–H and O–H groups in total. The molecule has 7 rings (SSSR count). The highest BCUT2D eigenvalue weighted by Gasteiger charge is 2.62. The first kappa shape index (κ1) is 43.8. The van der Waals surface area contributed by atoms with Crippen molar-refractivity contribution in [2.75, 3.05) is 45.1 Å². The average molecular weight is 861 g/mol. The molecule has 4 aromatic rings. The smallest absolute Gasteiger partial charge is 0.335 e. The number of amides is 3. The number of hydrogen-bond donors (Lipinski definition) is 1. The second-order valence-electron chi connectivity index (χ2n) is 16.6. The molecular formula is C42H56N6O10Si2. The predicted octanol–water partition coefficient (Wildman–Crippen LogP) is 6.60. The van der Waals surface area contributed by atoms with Crippen LogP contribution in [-0.2, 0) is 31.9 Å². The minimum absolute atomic E-state index is 0.0650. The van der Waals surface area contributed by atoms with Crippen LogP contribution < -0.4 is 5.32 Å². The van der Waals surface area contributed by atoms with Gasteiger partial charge in [0.2, 0.25) is 0 Å². The number of imidazole rings is 1. The summed E-state index contributed by atoms with van der Waals surface area (Å²) in [5.41, 5.74) is 2.51. The lowest BCUT2D eigenvalue weighted by atomic mass is 10.1. The fraction of sp³-hybridized carbons (Fsp3) is 0.524. The second-order valence-corrected chi connectivity index (χ2v) is 25.4. The zero-order valence-electron chi connectivity index (χ0n) is 35.5. The van der Waals surface area contributed by atoms with Crippen molar-refractivity contribution in [3.8, 4) is 0 Å². The third kappa shape index (κ3) is 8.36. The molecule has 16 nitrogen and oxygen atoms in total. The molecule has 2 aromatic heterocycles. The number of anilines is 1. The zero-order chi connectivity index (χ0) is 42.8. The summed E-state index contributed by atoms with van der Waals surface area (Å²) in [5.74, 6) is -0.721. The molecule has 322 valence electrons. The van der Waals surface area contributed by atoms with Crippen LogP contribution in [0.3, 0.4) is 0 Å². The second kappa shape index (κ2) is 18.4. The number of imide groups is 1. The number of fused-ring (bicyclic) bond motifs is 3. The highest BCUT2D eigenvalue weighted by Crippen LogP contribution is 2.49. The highest BCUT2D eigenvalue weighted by molar-refractivity contribution is 6.84. The molecule has 3 aliphatic rings. The van der Waals surface area contributed by atoms with Crippen LogP contribution in [0.1, 0.15) is 92.7 Å². The zero-order valence-corrected chi connectivity index (χ0v) is 37.5. The van der Waals surface area contributed by atoms with Gasteiger partial charge in [-0.2, -0.15) is 0 Å². The summed E-state index contributed by atoms with van der Waals surface area (Å²) in [5, 5.41) is 2.88. The van der Waals surface area contributed by atoms with Crippen LogP contribution in [0, 0.1) is 0 Å². The number of carbonyl (C=O) groups excluding carboxylic acids is 3. The number of nitrogens with one attached hydrogen (secondary N) is 1. The van der Waals surface area contributed by atoms with Crippen LogP contribution in [0.4, 0.5) is 5.82 Å². The van der Waals surface area contributed by atoms with Crippen molar-refractivity contribution in [2.45, 2.75) is 102 Å². The Morgan fingerprint density at radius 2 is 1.45 bits per heavy atom. The Morgan fingerprint density at radius 1 is 0.817 bits per heavy atom. The van der Waals surface area contributed by atoms with E-state index in [4.69, 9.17) is 31.9 Å². The van der Waals surface area contributed by atoms with Gasteiger partial charge in [0.1, 0.15) is 31.4 Å². The molecule has 18 heteroatoms. The Balaban J connectivity index is 1.10. The normalized spacial score (nSPS) is 22.5. The van der Waals surface area contributed by atoms with Gasteiger partial charge in [0, 0.05) is 5.56 Å². The quantitative estimate of drug-likeness (QED) is 0.0553. The number of hydrogen-bond acceptors (Lipinski definition) is 13. The van der Waals surface area contributed by atoms with Crippen molar-refractivity contribution in [2.24, 2.45) is 0 Å². The number of benzene rings is 2.